The van der Waals surface area contributed by atoms with Crippen LogP contribution in [0.5, 0.6) is 0 Å². The molecule has 0 fully saturated rings. The molecule has 1 atom stereocenters. The maximum absolute atomic E-state index is 12.5. The molecule has 1 aliphatic carbocycles. The number of aryl methyl sites for hydroxylation is 2. The summed E-state index contributed by atoms with van der Waals surface area (Å²) in [5.74, 6) is 0.251. The number of amides is 1. The second-order valence-electron chi connectivity index (χ2n) is 6.74. The van der Waals surface area contributed by atoms with Gasteiger partial charge in [-0.25, -0.2) is 4.98 Å². The van der Waals surface area contributed by atoms with Crippen molar-refractivity contribution in [2.75, 3.05) is 5.75 Å². The second kappa shape index (κ2) is 7.92. The molecule has 0 radical (unpaired) electrons. The van der Waals surface area contributed by atoms with Crippen LogP contribution in [0.1, 0.15) is 52.4 Å². The van der Waals surface area contributed by atoms with Gasteiger partial charge in [-0.1, -0.05) is 36.0 Å². The molecule has 1 aliphatic rings. The summed E-state index contributed by atoms with van der Waals surface area (Å²) in [5.41, 5.74) is 6.03. The molecule has 0 bridgehead atoms. The van der Waals surface area contributed by atoms with E-state index in [1.807, 2.05) is 26.8 Å². The first-order chi connectivity index (χ1) is 12.5. The number of carbonyl (C=O) groups is 1. The lowest BCUT2D eigenvalue weighted by Crippen LogP contribution is -2.32. The van der Waals surface area contributed by atoms with E-state index >= 15 is 0 Å². The number of nitrogens with zero attached hydrogens (tertiary/aromatic N) is 2. The number of pyridine rings is 1. The third kappa shape index (κ3) is 3.76. The van der Waals surface area contributed by atoms with Gasteiger partial charge in [0.25, 0.3) is 0 Å². The molecular weight excluding hydrogens is 342 g/mol. The first-order valence-electron chi connectivity index (χ1n) is 8.89. The molecule has 4 nitrogen and oxygen atoms in total. The van der Waals surface area contributed by atoms with Gasteiger partial charge in [0.1, 0.15) is 11.1 Å². The minimum absolute atomic E-state index is 0.0155. The molecule has 0 unspecified atom stereocenters. The van der Waals surface area contributed by atoms with Crippen molar-refractivity contribution in [2.24, 2.45) is 0 Å². The maximum Gasteiger partial charge on any atom is 0.230 e. The van der Waals surface area contributed by atoms with E-state index in [4.69, 9.17) is 0 Å². The largest absolute Gasteiger partial charge is 0.349 e. The van der Waals surface area contributed by atoms with Crippen LogP contribution in [0.25, 0.3) is 0 Å². The SMILES string of the molecule is Cc1nc(SCC(=O)N[C@H]2CCCc3ccccc32)c(C#N)c(C)c1C. The fraction of sp³-hybridized carbons (Fsp3) is 0.381. The van der Waals surface area contributed by atoms with Crippen LogP contribution in [0.3, 0.4) is 0 Å². The van der Waals surface area contributed by atoms with Crippen LogP contribution in [0, 0.1) is 32.1 Å². The number of hydrogen-bond donors (Lipinski definition) is 1. The summed E-state index contributed by atoms with van der Waals surface area (Å²) in [6.45, 7) is 5.85. The molecule has 26 heavy (non-hydrogen) atoms. The predicted molar refractivity (Wildman–Crippen MR) is 104 cm³/mol. The summed E-state index contributed by atoms with van der Waals surface area (Å²) in [4.78, 5) is 17.0. The quantitative estimate of drug-likeness (QED) is 0.826. The summed E-state index contributed by atoms with van der Waals surface area (Å²) >= 11 is 1.34. The van der Waals surface area contributed by atoms with Gasteiger partial charge >= 0.3 is 0 Å². The molecule has 1 aromatic carbocycles. The van der Waals surface area contributed by atoms with Crippen molar-refractivity contribution in [3.05, 3.63) is 57.8 Å². The summed E-state index contributed by atoms with van der Waals surface area (Å²) < 4.78 is 0. The molecule has 0 spiro atoms. The Morgan fingerprint density at radius 1 is 1.31 bits per heavy atom. The topological polar surface area (TPSA) is 65.8 Å². The highest BCUT2D eigenvalue weighted by molar-refractivity contribution is 8.00. The van der Waals surface area contributed by atoms with Crippen LogP contribution in [-0.4, -0.2) is 16.6 Å². The highest BCUT2D eigenvalue weighted by Gasteiger charge is 2.22. The van der Waals surface area contributed by atoms with Crippen LogP contribution in [0.2, 0.25) is 0 Å². The molecule has 1 amide bonds. The standard InChI is InChI=1S/C21H23N3OS/c1-13-14(2)18(11-22)21(23-15(13)3)26-12-20(25)24-19-10-6-8-16-7-4-5-9-17(16)19/h4-5,7,9,19H,6,8,10,12H2,1-3H3,(H,24,25)/t19-/m0/s1. The number of fused-ring (bicyclic) bond motifs is 1. The van der Waals surface area contributed by atoms with E-state index in [0.717, 1.165) is 36.1 Å². The van der Waals surface area contributed by atoms with E-state index in [-0.39, 0.29) is 17.7 Å². The Morgan fingerprint density at radius 2 is 2.08 bits per heavy atom. The van der Waals surface area contributed by atoms with E-state index in [2.05, 4.69) is 34.6 Å². The van der Waals surface area contributed by atoms with Crippen molar-refractivity contribution in [1.29, 1.82) is 5.26 Å². The summed E-state index contributed by atoms with van der Waals surface area (Å²) in [5, 5.41) is 13.2. The lowest BCUT2D eigenvalue weighted by atomic mass is 9.88. The molecular formula is C21H23N3OS. The lowest BCUT2D eigenvalue weighted by molar-refractivity contribution is -0.119. The van der Waals surface area contributed by atoms with Gasteiger partial charge in [-0.15, -0.1) is 0 Å². The molecule has 2 aromatic rings. The first kappa shape index (κ1) is 18.5. The van der Waals surface area contributed by atoms with Gasteiger partial charge in [-0.05, 0) is 62.3 Å². The van der Waals surface area contributed by atoms with Crippen molar-refractivity contribution in [2.45, 2.75) is 51.1 Å². The van der Waals surface area contributed by atoms with Gasteiger partial charge < -0.3 is 5.32 Å². The molecule has 5 heteroatoms. The Labute approximate surface area is 159 Å². The van der Waals surface area contributed by atoms with Crippen LogP contribution in [0.4, 0.5) is 0 Å². The van der Waals surface area contributed by atoms with Crippen molar-refractivity contribution in [3.8, 4) is 6.07 Å². The number of hydrogen-bond acceptors (Lipinski definition) is 4. The molecule has 1 N–H and O–H groups in total. The smallest absolute Gasteiger partial charge is 0.230 e. The van der Waals surface area contributed by atoms with Crippen molar-refractivity contribution < 1.29 is 4.79 Å². The number of nitriles is 1. The molecule has 1 heterocycles. The number of rotatable bonds is 4. The summed E-state index contributed by atoms with van der Waals surface area (Å²) in [6.07, 6.45) is 3.14. The third-order valence-electron chi connectivity index (χ3n) is 5.12. The van der Waals surface area contributed by atoms with Crippen LogP contribution < -0.4 is 5.32 Å². The van der Waals surface area contributed by atoms with Crippen LogP contribution in [0.15, 0.2) is 29.3 Å². The van der Waals surface area contributed by atoms with Crippen molar-refractivity contribution in [1.82, 2.24) is 10.3 Å². The van der Waals surface area contributed by atoms with E-state index in [0.29, 0.717) is 10.6 Å². The van der Waals surface area contributed by atoms with Gasteiger partial charge in [-0.3, -0.25) is 4.79 Å². The van der Waals surface area contributed by atoms with E-state index in [9.17, 15) is 10.1 Å². The summed E-state index contributed by atoms with van der Waals surface area (Å²) in [7, 11) is 0. The summed E-state index contributed by atoms with van der Waals surface area (Å²) in [6, 6.07) is 10.6. The molecule has 0 saturated carbocycles. The fourth-order valence-corrected chi connectivity index (χ4v) is 4.32. The Kier molecular flexibility index (Phi) is 5.63. The van der Waals surface area contributed by atoms with Crippen molar-refractivity contribution >= 4 is 17.7 Å². The Hall–Kier alpha value is -2.32. The van der Waals surface area contributed by atoms with Gasteiger partial charge in [0, 0.05) is 5.69 Å². The number of nitrogens with one attached hydrogen (secondary N) is 1. The number of thioether (sulfide) groups is 1. The van der Waals surface area contributed by atoms with Gasteiger partial charge in [-0.2, -0.15) is 5.26 Å². The van der Waals surface area contributed by atoms with E-state index in [1.165, 1.54) is 22.9 Å². The van der Waals surface area contributed by atoms with E-state index < -0.39 is 0 Å². The number of carbonyl (C=O) groups excluding carboxylic acids is 1. The molecule has 0 saturated heterocycles. The minimum Gasteiger partial charge on any atom is -0.349 e. The number of aromatic nitrogens is 1. The van der Waals surface area contributed by atoms with Gasteiger partial charge in [0.2, 0.25) is 5.91 Å². The average Bonchev–Trinajstić information content (AvgIpc) is 2.65. The van der Waals surface area contributed by atoms with E-state index in [1.54, 1.807) is 0 Å². The van der Waals surface area contributed by atoms with Gasteiger partial charge in [0.15, 0.2) is 0 Å². The Bertz CT molecular complexity index is 886. The van der Waals surface area contributed by atoms with Crippen LogP contribution in [-0.2, 0) is 11.2 Å². The Morgan fingerprint density at radius 3 is 2.85 bits per heavy atom. The highest BCUT2D eigenvalue weighted by atomic mass is 32.2. The lowest BCUT2D eigenvalue weighted by Gasteiger charge is -2.26. The normalized spacial score (nSPS) is 15.8. The molecule has 0 aliphatic heterocycles. The zero-order valence-electron chi connectivity index (χ0n) is 15.4. The Balaban J connectivity index is 1.69. The second-order valence-corrected chi connectivity index (χ2v) is 7.70. The average molecular weight is 366 g/mol. The first-order valence-corrected chi connectivity index (χ1v) is 9.87. The zero-order valence-corrected chi connectivity index (χ0v) is 16.2. The zero-order chi connectivity index (χ0) is 18.7. The molecule has 3 rings (SSSR count). The third-order valence-corrected chi connectivity index (χ3v) is 6.10. The fourth-order valence-electron chi connectivity index (χ4n) is 3.42. The monoisotopic (exact) mass is 365 g/mol. The number of benzene rings is 1. The highest BCUT2D eigenvalue weighted by Crippen LogP contribution is 2.30. The molecule has 1 aromatic heterocycles. The predicted octanol–water partition coefficient (Wildman–Crippen LogP) is 4.16. The maximum atomic E-state index is 12.5. The van der Waals surface area contributed by atoms with Crippen LogP contribution >= 0.6 is 11.8 Å². The van der Waals surface area contributed by atoms with Crippen molar-refractivity contribution in [3.63, 3.8) is 0 Å². The van der Waals surface area contributed by atoms with Gasteiger partial charge in [0.05, 0.1) is 17.4 Å². The minimum atomic E-state index is -0.0155. The molecule has 134 valence electrons.